The second-order valence-electron chi connectivity index (χ2n) is 5.72. The largest absolute Gasteiger partial charge is 0.493 e. The zero-order valence-corrected chi connectivity index (χ0v) is 15.9. The molecule has 6 heteroatoms. The molecule has 0 bridgehead atoms. The zero-order valence-electron chi connectivity index (χ0n) is 15.9. The van der Waals surface area contributed by atoms with E-state index in [4.69, 9.17) is 13.9 Å². The third-order valence-electron chi connectivity index (χ3n) is 3.78. The molecule has 26 heavy (non-hydrogen) atoms. The van der Waals surface area contributed by atoms with Crippen molar-refractivity contribution >= 4 is 5.96 Å². The van der Waals surface area contributed by atoms with Gasteiger partial charge in [0.25, 0.3) is 0 Å². The normalized spacial score (nSPS) is 11.3. The van der Waals surface area contributed by atoms with Crippen molar-refractivity contribution in [1.29, 1.82) is 0 Å². The van der Waals surface area contributed by atoms with Crippen LogP contribution in [0.2, 0.25) is 0 Å². The lowest BCUT2D eigenvalue weighted by atomic mass is 10.1. The van der Waals surface area contributed by atoms with Crippen LogP contribution < -0.4 is 20.1 Å². The van der Waals surface area contributed by atoms with Gasteiger partial charge in [-0.2, -0.15) is 0 Å². The first-order valence-electron chi connectivity index (χ1n) is 9.11. The Hall–Kier alpha value is -2.63. The van der Waals surface area contributed by atoms with Crippen molar-refractivity contribution in [3.63, 3.8) is 0 Å². The number of nitrogens with zero attached hydrogens (tertiary/aromatic N) is 1. The van der Waals surface area contributed by atoms with Crippen LogP contribution in [0.15, 0.2) is 46.0 Å². The van der Waals surface area contributed by atoms with Crippen LogP contribution in [-0.4, -0.2) is 32.8 Å². The highest BCUT2D eigenvalue weighted by atomic mass is 16.5. The van der Waals surface area contributed by atoms with Gasteiger partial charge in [-0.25, -0.2) is 4.99 Å². The molecule has 0 spiro atoms. The van der Waals surface area contributed by atoms with Gasteiger partial charge in [0.15, 0.2) is 17.5 Å². The van der Waals surface area contributed by atoms with Gasteiger partial charge in [-0.1, -0.05) is 6.07 Å². The highest BCUT2D eigenvalue weighted by molar-refractivity contribution is 5.79. The highest BCUT2D eigenvalue weighted by Gasteiger charge is 2.05. The Labute approximate surface area is 155 Å². The van der Waals surface area contributed by atoms with E-state index in [-0.39, 0.29) is 0 Å². The molecule has 1 aromatic carbocycles. The Balaban J connectivity index is 1.82. The second kappa shape index (κ2) is 11.1. The minimum atomic E-state index is 0.526. The van der Waals surface area contributed by atoms with Gasteiger partial charge in [-0.3, -0.25) is 0 Å². The molecule has 2 N–H and O–H groups in total. The molecule has 0 saturated carbocycles. The summed E-state index contributed by atoms with van der Waals surface area (Å²) in [5.41, 5.74) is 1.23. The molecule has 0 aliphatic carbocycles. The van der Waals surface area contributed by atoms with Crippen LogP contribution in [-0.2, 0) is 13.0 Å². The average Bonchev–Trinajstić information content (AvgIpc) is 3.17. The molecule has 6 nitrogen and oxygen atoms in total. The number of aryl methyl sites for hydroxylation is 1. The van der Waals surface area contributed by atoms with Gasteiger partial charge >= 0.3 is 0 Å². The van der Waals surface area contributed by atoms with E-state index in [9.17, 15) is 0 Å². The monoisotopic (exact) mass is 359 g/mol. The minimum Gasteiger partial charge on any atom is -0.493 e. The number of guanidine groups is 1. The third kappa shape index (κ3) is 6.35. The first kappa shape index (κ1) is 19.7. The molecule has 1 aromatic heterocycles. The fourth-order valence-electron chi connectivity index (χ4n) is 2.55. The molecule has 0 saturated heterocycles. The molecule has 1 heterocycles. The number of aliphatic imine (C=N–C) groups is 1. The summed E-state index contributed by atoms with van der Waals surface area (Å²) in [6, 6.07) is 9.89. The average molecular weight is 359 g/mol. The molecule has 2 aromatic rings. The molecule has 0 fully saturated rings. The van der Waals surface area contributed by atoms with Gasteiger partial charge < -0.3 is 24.5 Å². The first-order chi connectivity index (χ1) is 12.8. The highest BCUT2D eigenvalue weighted by Crippen LogP contribution is 2.28. The summed E-state index contributed by atoms with van der Waals surface area (Å²) >= 11 is 0. The minimum absolute atomic E-state index is 0.526. The van der Waals surface area contributed by atoms with Crippen LogP contribution in [0, 0.1) is 0 Å². The van der Waals surface area contributed by atoms with Crippen molar-refractivity contribution in [3.8, 4) is 11.5 Å². The quantitative estimate of drug-likeness (QED) is 0.387. The maximum atomic E-state index is 5.63. The second-order valence-corrected chi connectivity index (χ2v) is 5.72. The lowest BCUT2D eigenvalue weighted by Gasteiger charge is -2.12. The summed E-state index contributed by atoms with van der Waals surface area (Å²) < 4.78 is 16.3. The molecule has 0 atom stereocenters. The van der Waals surface area contributed by atoms with Gasteiger partial charge in [0.2, 0.25) is 0 Å². The standard InChI is InChI=1S/C20H29N3O3/c1-4-21-20(23-15-17-9-7-13-26-17)22-12-6-8-16-10-11-18(24-3)19(14-16)25-5-2/h7,9-11,13-14H,4-6,8,12,15H2,1-3H3,(H2,21,22,23). The number of ether oxygens (including phenoxy) is 2. The topological polar surface area (TPSA) is 68.0 Å². The van der Waals surface area contributed by atoms with Crippen molar-refractivity contribution in [1.82, 2.24) is 10.6 Å². The van der Waals surface area contributed by atoms with E-state index < -0.39 is 0 Å². The SMILES string of the molecule is CCNC(=NCc1ccco1)NCCCc1ccc(OC)c(OCC)c1. The van der Waals surface area contributed by atoms with Gasteiger partial charge in [0.05, 0.1) is 20.0 Å². The maximum absolute atomic E-state index is 5.63. The molecule has 0 amide bonds. The Morgan fingerprint density at radius 1 is 1.15 bits per heavy atom. The van der Waals surface area contributed by atoms with Crippen molar-refractivity contribution in [3.05, 3.63) is 47.9 Å². The molecule has 0 aliphatic heterocycles. The fraction of sp³-hybridized carbons (Fsp3) is 0.450. The van der Waals surface area contributed by atoms with Crippen LogP contribution in [0.1, 0.15) is 31.6 Å². The summed E-state index contributed by atoms with van der Waals surface area (Å²) in [4.78, 5) is 4.53. The molecular formula is C20H29N3O3. The van der Waals surface area contributed by atoms with E-state index in [2.05, 4.69) is 34.7 Å². The predicted octanol–water partition coefficient (Wildman–Crippen LogP) is 3.37. The molecule has 142 valence electrons. The number of methoxy groups -OCH3 is 1. The lowest BCUT2D eigenvalue weighted by Crippen LogP contribution is -2.37. The van der Waals surface area contributed by atoms with Crippen LogP contribution in [0.25, 0.3) is 0 Å². The van der Waals surface area contributed by atoms with E-state index in [0.29, 0.717) is 13.2 Å². The Morgan fingerprint density at radius 3 is 2.73 bits per heavy atom. The van der Waals surface area contributed by atoms with E-state index in [1.165, 1.54) is 5.56 Å². The zero-order chi connectivity index (χ0) is 18.6. The number of furan rings is 1. The van der Waals surface area contributed by atoms with Crippen LogP contribution in [0.4, 0.5) is 0 Å². The third-order valence-corrected chi connectivity index (χ3v) is 3.78. The summed E-state index contributed by atoms with van der Waals surface area (Å²) in [6.45, 7) is 6.83. The molecule has 2 rings (SSSR count). The predicted molar refractivity (Wildman–Crippen MR) is 104 cm³/mol. The first-order valence-corrected chi connectivity index (χ1v) is 9.11. The number of rotatable bonds is 10. The lowest BCUT2D eigenvalue weighted by molar-refractivity contribution is 0.310. The van der Waals surface area contributed by atoms with E-state index in [1.54, 1.807) is 13.4 Å². The Bertz CT molecular complexity index is 669. The molecule has 0 aliphatic rings. The Morgan fingerprint density at radius 2 is 2.04 bits per heavy atom. The van der Waals surface area contributed by atoms with E-state index >= 15 is 0 Å². The number of benzene rings is 1. The van der Waals surface area contributed by atoms with Gasteiger partial charge in [-0.05, 0) is 56.5 Å². The maximum Gasteiger partial charge on any atom is 0.191 e. The van der Waals surface area contributed by atoms with Crippen molar-refractivity contribution in [2.45, 2.75) is 33.2 Å². The molecule has 0 unspecified atom stereocenters. The van der Waals surface area contributed by atoms with E-state index in [1.807, 2.05) is 25.1 Å². The van der Waals surface area contributed by atoms with E-state index in [0.717, 1.165) is 49.1 Å². The number of nitrogens with one attached hydrogen (secondary N) is 2. The molecule has 0 radical (unpaired) electrons. The van der Waals surface area contributed by atoms with Crippen LogP contribution in [0.5, 0.6) is 11.5 Å². The van der Waals surface area contributed by atoms with Crippen molar-refractivity contribution in [2.75, 3.05) is 26.8 Å². The van der Waals surface area contributed by atoms with Crippen LogP contribution >= 0.6 is 0 Å². The summed E-state index contributed by atoms with van der Waals surface area (Å²) in [6.07, 6.45) is 3.61. The van der Waals surface area contributed by atoms with Crippen LogP contribution in [0.3, 0.4) is 0 Å². The smallest absolute Gasteiger partial charge is 0.191 e. The Kier molecular flexibility index (Phi) is 8.39. The van der Waals surface area contributed by atoms with Crippen molar-refractivity contribution < 1.29 is 13.9 Å². The van der Waals surface area contributed by atoms with Gasteiger partial charge in [0.1, 0.15) is 12.3 Å². The molecular weight excluding hydrogens is 330 g/mol. The number of hydrogen-bond acceptors (Lipinski definition) is 4. The summed E-state index contributed by atoms with van der Waals surface area (Å²) in [7, 11) is 1.66. The number of hydrogen-bond donors (Lipinski definition) is 2. The van der Waals surface area contributed by atoms with Gasteiger partial charge in [-0.15, -0.1) is 0 Å². The van der Waals surface area contributed by atoms with Gasteiger partial charge in [0, 0.05) is 13.1 Å². The van der Waals surface area contributed by atoms with Crippen molar-refractivity contribution in [2.24, 2.45) is 4.99 Å². The summed E-state index contributed by atoms with van der Waals surface area (Å²) in [5, 5.41) is 6.60. The fourth-order valence-corrected chi connectivity index (χ4v) is 2.55. The summed E-state index contributed by atoms with van der Waals surface area (Å²) in [5.74, 6) is 3.22.